The number of hydrogen-bond donors (Lipinski definition) is 0. The molecule has 0 aliphatic carbocycles. The minimum absolute atomic E-state index is 0.259. The highest BCUT2D eigenvalue weighted by Gasteiger charge is 2.42. The van der Waals surface area contributed by atoms with E-state index in [2.05, 4.69) is 0 Å². The maximum absolute atomic E-state index is 13.3. The molecule has 0 radical (unpaired) electrons. The molecule has 1 saturated heterocycles. The van der Waals surface area contributed by atoms with Gasteiger partial charge in [0, 0.05) is 18.0 Å². The van der Waals surface area contributed by atoms with Gasteiger partial charge < -0.3 is 9.64 Å². The van der Waals surface area contributed by atoms with E-state index in [-0.39, 0.29) is 11.8 Å². The highest BCUT2D eigenvalue weighted by Crippen LogP contribution is 2.39. The number of anilines is 1. The van der Waals surface area contributed by atoms with Crippen molar-refractivity contribution in [2.24, 2.45) is 0 Å². The Morgan fingerprint density at radius 2 is 1.39 bits per heavy atom. The monoisotopic (exact) mass is 394 g/mol. The zero-order chi connectivity index (χ0) is 19.7. The van der Waals surface area contributed by atoms with Crippen molar-refractivity contribution in [3.05, 3.63) is 70.3 Å². The summed E-state index contributed by atoms with van der Waals surface area (Å²) >= 11 is 1.36. The minimum Gasteiger partial charge on any atom is -0.378 e. The van der Waals surface area contributed by atoms with Crippen LogP contribution in [-0.4, -0.2) is 43.0 Å². The number of rotatable bonds is 4. The molecule has 0 saturated carbocycles. The molecule has 0 spiro atoms. The van der Waals surface area contributed by atoms with Crippen molar-refractivity contribution in [1.82, 2.24) is 4.90 Å². The summed E-state index contributed by atoms with van der Waals surface area (Å²) in [5.41, 5.74) is 3.32. The summed E-state index contributed by atoms with van der Waals surface area (Å²) in [7, 11) is 0. The molecule has 6 heteroatoms. The lowest BCUT2D eigenvalue weighted by Crippen LogP contribution is -2.40. The fourth-order valence-electron chi connectivity index (χ4n) is 3.31. The molecule has 0 aromatic heterocycles. The first kappa shape index (κ1) is 18.8. The van der Waals surface area contributed by atoms with Gasteiger partial charge in [-0.25, -0.2) is 4.90 Å². The third-order valence-electron chi connectivity index (χ3n) is 4.88. The Morgan fingerprint density at radius 1 is 0.821 bits per heavy atom. The zero-order valence-corrected chi connectivity index (χ0v) is 16.8. The first-order chi connectivity index (χ1) is 13.5. The molecular formula is C22H22N2O3S. The van der Waals surface area contributed by atoms with Crippen LogP contribution in [0.5, 0.6) is 0 Å². The van der Waals surface area contributed by atoms with E-state index >= 15 is 0 Å². The fraction of sp³-hybridized carbons (Fsp3) is 0.273. The third-order valence-corrected chi connectivity index (χ3v) is 5.96. The molecule has 0 bridgehead atoms. The van der Waals surface area contributed by atoms with Crippen LogP contribution in [0.25, 0.3) is 0 Å². The Hall–Kier alpha value is -2.57. The smallest absolute Gasteiger partial charge is 0.283 e. The number of benzene rings is 2. The van der Waals surface area contributed by atoms with Gasteiger partial charge in [-0.3, -0.25) is 9.59 Å². The summed E-state index contributed by atoms with van der Waals surface area (Å²) in [6.07, 6.45) is 0. The summed E-state index contributed by atoms with van der Waals surface area (Å²) < 4.78 is 5.43. The topological polar surface area (TPSA) is 49.9 Å². The predicted molar refractivity (Wildman–Crippen MR) is 110 cm³/mol. The summed E-state index contributed by atoms with van der Waals surface area (Å²) in [5.74, 6) is -0.522. The average molecular weight is 394 g/mol. The van der Waals surface area contributed by atoms with Gasteiger partial charge in [0.15, 0.2) is 0 Å². The highest BCUT2D eigenvalue weighted by atomic mass is 32.2. The number of ether oxygens (including phenoxy) is 1. The lowest BCUT2D eigenvalue weighted by atomic mass is 10.2. The molecule has 1 fully saturated rings. The van der Waals surface area contributed by atoms with Crippen molar-refractivity contribution in [1.29, 1.82) is 0 Å². The van der Waals surface area contributed by atoms with Crippen molar-refractivity contribution in [2.75, 3.05) is 31.2 Å². The van der Waals surface area contributed by atoms with E-state index in [1.54, 1.807) is 0 Å². The van der Waals surface area contributed by atoms with Gasteiger partial charge in [0.1, 0.15) is 10.6 Å². The first-order valence-corrected chi connectivity index (χ1v) is 10.1. The maximum Gasteiger partial charge on any atom is 0.283 e. The van der Waals surface area contributed by atoms with Crippen molar-refractivity contribution in [3.63, 3.8) is 0 Å². The van der Waals surface area contributed by atoms with E-state index in [9.17, 15) is 9.59 Å². The molecule has 0 unspecified atom stereocenters. The van der Waals surface area contributed by atoms with Crippen LogP contribution in [0.15, 0.2) is 64.0 Å². The van der Waals surface area contributed by atoms with Gasteiger partial charge in [-0.2, -0.15) is 0 Å². The van der Waals surface area contributed by atoms with Crippen molar-refractivity contribution >= 4 is 29.3 Å². The van der Waals surface area contributed by atoms with Crippen molar-refractivity contribution < 1.29 is 14.3 Å². The van der Waals surface area contributed by atoms with Gasteiger partial charge >= 0.3 is 0 Å². The number of carbonyl (C=O) groups is 2. The van der Waals surface area contributed by atoms with Gasteiger partial charge in [-0.1, -0.05) is 47.2 Å². The van der Waals surface area contributed by atoms with Crippen LogP contribution >= 0.6 is 11.8 Å². The number of amides is 2. The second-order valence-corrected chi connectivity index (χ2v) is 8.06. The SMILES string of the molecule is Cc1ccc(SC2=C(N3CCOCC3)C(=O)N(c3ccc(C)cc3)C2=O)cc1. The van der Waals surface area contributed by atoms with Gasteiger partial charge in [0.2, 0.25) is 0 Å². The van der Waals surface area contributed by atoms with Crippen molar-refractivity contribution in [2.45, 2.75) is 18.7 Å². The van der Waals surface area contributed by atoms with E-state index in [0.29, 0.717) is 42.6 Å². The molecule has 2 aliphatic heterocycles. The van der Waals surface area contributed by atoms with Crippen LogP contribution in [0.4, 0.5) is 5.69 Å². The fourth-order valence-corrected chi connectivity index (χ4v) is 4.31. The normalized spacial score (nSPS) is 17.6. The molecule has 0 N–H and O–H groups in total. The molecule has 2 heterocycles. The summed E-state index contributed by atoms with van der Waals surface area (Å²) in [5, 5.41) is 0. The molecule has 2 aromatic rings. The molecule has 2 amide bonds. The van der Waals surface area contributed by atoms with E-state index < -0.39 is 0 Å². The third kappa shape index (κ3) is 3.57. The largest absolute Gasteiger partial charge is 0.378 e. The maximum atomic E-state index is 13.3. The Bertz CT molecular complexity index is 929. The van der Waals surface area contributed by atoms with Gasteiger partial charge in [-0.15, -0.1) is 0 Å². The number of aryl methyl sites for hydroxylation is 2. The minimum atomic E-state index is -0.263. The highest BCUT2D eigenvalue weighted by molar-refractivity contribution is 8.04. The Labute approximate surface area is 169 Å². The number of morpholine rings is 1. The molecule has 0 atom stereocenters. The quantitative estimate of drug-likeness (QED) is 0.743. The first-order valence-electron chi connectivity index (χ1n) is 9.31. The molecule has 5 nitrogen and oxygen atoms in total. The van der Waals surface area contributed by atoms with Crippen molar-refractivity contribution in [3.8, 4) is 0 Å². The molecular weight excluding hydrogens is 372 g/mol. The second kappa shape index (κ2) is 7.81. The van der Waals surface area contributed by atoms with E-state index in [0.717, 1.165) is 16.0 Å². The zero-order valence-electron chi connectivity index (χ0n) is 16.0. The van der Waals surface area contributed by atoms with Crippen LogP contribution in [0.1, 0.15) is 11.1 Å². The summed E-state index contributed by atoms with van der Waals surface area (Å²) in [6, 6.07) is 15.5. The van der Waals surface area contributed by atoms with E-state index in [4.69, 9.17) is 4.74 Å². The number of thioether (sulfide) groups is 1. The Balaban J connectivity index is 1.72. The number of imide groups is 1. The second-order valence-electron chi connectivity index (χ2n) is 6.97. The molecule has 2 aromatic carbocycles. The summed E-state index contributed by atoms with van der Waals surface area (Å²) in [4.78, 5) is 31.3. The summed E-state index contributed by atoms with van der Waals surface area (Å²) in [6.45, 7) is 6.32. The number of nitrogens with zero attached hydrogens (tertiary/aromatic N) is 2. The lowest BCUT2D eigenvalue weighted by molar-refractivity contribution is -0.121. The van der Waals surface area contributed by atoms with Gasteiger partial charge in [0.25, 0.3) is 11.8 Å². The van der Waals surface area contributed by atoms with E-state index in [1.807, 2.05) is 67.3 Å². The van der Waals surface area contributed by atoms with Gasteiger partial charge in [0.05, 0.1) is 18.9 Å². The molecule has 2 aliphatic rings. The lowest BCUT2D eigenvalue weighted by Gasteiger charge is -2.29. The predicted octanol–water partition coefficient (Wildman–Crippen LogP) is 3.51. The van der Waals surface area contributed by atoms with Crippen LogP contribution in [0, 0.1) is 13.8 Å². The standard InChI is InChI=1S/C22H22N2O3S/c1-15-3-7-17(8-4-15)24-21(25)19(23-11-13-27-14-12-23)20(22(24)26)28-18-9-5-16(2)6-10-18/h3-10H,11-14H2,1-2H3. The average Bonchev–Trinajstić information content (AvgIpc) is 2.95. The molecule has 144 valence electrons. The number of hydrogen-bond acceptors (Lipinski definition) is 5. The van der Waals surface area contributed by atoms with Crippen LogP contribution < -0.4 is 4.90 Å². The van der Waals surface area contributed by atoms with Crippen LogP contribution in [0.2, 0.25) is 0 Å². The molecule has 28 heavy (non-hydrogen) atoms. The Kier molecular flexibility index (Phi) is 5.24. The van der Waals surface area contributed by atoms with Gasteiger partial charge in [-0.05, 0) is 38.1 Å². The number of carbonyl (C=O) groups excluding carboxylic acids is 2. The molecule has 4 rings (SSSR count). The van der Waals surface area contributed by atoms with Crippen LogP contribution in [-0.2, 0) is 14.3 Å². The Morgan fingerprint density at radius 3 is 2.00 bits per heavy atom. The van der Waals surface area contributed by atoms with Crippen LogP contribution in [0.3, 0.4) is 0 Å². The van der Waals surface area contributed by atoms with E-state index in [1.165, 1.54) is 16.7 Å².